The molecule has 0 aromatic rings. The van der Waals surface area contributed by atoms with Crippen molar-refractivity contribution in [1.29, 1.82) is 0 Å². The van der Waals surface area contributed by atoms with Gasteiger partial charge < -0.3 is 4.89 Å². The van der Waals surface area contributed by atoms with Crippen molar-refractivity contribution in [3.05, 3.63) is 0 Å². The molecule has 0 radical (unpaired) electrons. The van der Waals surface area contributed by atoms with Gasteiger partial charge in [0.05, 0.1) is 13.2 Å². The first kappa shape index (κ1) is 19.1. The second-order valence-corrected chi connectivity index (χ2v) is 7.78. The Balaban J connectivity index is 4.37. The number of hydrogen-bond acceptors (Lipinski definition) is 3. The monoisotopic (exact) mass is 294 g/mol. The van der Waals surface area contributed by atoms with Gasteiger partial charge in [-0.15, -0.1) is 0 Å². The Morgan fingerprint density at radius 2 is 1.63 bits per heavy atom. The molecular formula is C14H31O4P. The predicted octanol–water partition coefficient (Wildman–Crippen LogP) is 4.77. The summed E-state index contributed by atoms with van der Waals surface area (Å²) < 4.78 is 21.1. The number of phosphoric acid groups is 1. The van der Waals surface area contributed by atoms with E-state index in [1.165, 1.54) is 0 Å². The highest BCUT2D eigenvalue weighted by atomic mass is 31.2. The van der Waals surface area contributed by atoms with Gasteiger partial charge in [-0.25, -0.2) is 4.57 Å². The summed E-state index contributed by atoms with van der Waals surface area (Å²) in [5.74, 6) is 0. The molecule has 19 heavy (non-hydrogen) atoms. The molecule has 0 aliphatic carbocycles. The van der Waals surface area contributed by atoms with Gasteiger partial charge in [0.15, 0.2) is 0 Å². The molecule has 5 heteroatoms. The standard InChI is InChI=1S/C14H31O4P/c1-7-13(4,5)12-14(6,8-2)10-11-18-19(15,16)17-9-3/h7-12H2,1-6H3,(H,15,16). The van der Waals surface area contributed by atoms with Crippen LogP contribution < -0.4 is 0 Å². The van der Waals surface area contributed by atoms with Crippen molar-refractivity contribution in [1.82, 2.24) is 0 Å². The second kappa shape index (κ2) is 7.78. The summed E-state index contributed by atoms with van der Waals surface area (Å²) in [7, 11) is -3.85. The van der Waals surface area contributed by atoms with Crippen molar-refractivity contribution < 1.29 is 18.5 Å². The molecular weight excluding hydrogens is 263 g/mol. The number of phosphoric ester groups is 1. The van der Waals surface area contributed by atoms with Crippen molar-refractivity contribution in [2.45, 2.75) is 67.2 Å². The van der Waals surface area contributed by atoms with Gasteiger partial charge in [-0.2, -0.15) is 0 Å². The minimum atomic E-state index is -3.85. The zero-order valence-corrected chi connectivity index (χ0v) is 14.3. The lowest BCUT2D eigenvalue weighted by Crippen LogP contribution is -2.26. The summed E-state index contributed by atoms with van der Waals surface area (Å²) >= 11 is 0. The van der Waals surface area contributed by atoms with Gasteiger partial charge in [-0.05, 0) is 30.6 Å². The van der Waals surface area contributed by atoms with Crippen LogP contribution in [0.5, 0.6) is 0 Å². The molecule has 0 aromatic heterocycles. The maximum atomic E-state index is 11.4. The van der Waals surface area contributed by atoms with Crippen LogP contribution >= 0.6 is 7.82 Å². The van der Waals surface area contributed by atoms with E-state index in [0.717, 1.165) is 25.7 Å². The third-order valence-corrected chi connectivity index (χ3v) is 5.06. The first-order valence-electron chi connectivity index (χ1n) is 7.21. The van der Waals surface area contributed by atoms with Gasteiger partial charge in [-0.3, -0.25) is 9.05 Å². The van der Waals surface area contributed by atoms with E-state index in [9.17, 15) is 9.46 Å². The molecule has 2 unspecified atom stereocenters. The lowest BCUT2D eigenvalue weighted by atomic mass is 9.70. The molecule has 0 bridgehead atoms. The summed E-state index contributed by atoms with van der Waals surface area (Å²) in [4.78, 5) is 9.37. The van der Waals surface area contributed by atoms with E-state index in [-0.39, 0.29) is 24.0 Å². The zero-order valence-electron chi connectivity index (χ0n) is 13.4. The van der Waals surface area contributed by atoms with Crippen LogP contribution in [-0.4, -0.2) is 18.1 Å². The number of hydrogen-bond donors (Lipinski definition) is 1. The largest absolute Gasteiger partial charge is 0.472 e. The van der Waals surface area contributed by atoms with Crippen LogP contribution in [0, 0.1) is 10.8 Å². The Bertz CT molecular complexity index is 304. The SMILES string of the molecule is CCOP(=O)(O)OCCC(C)(CC)CC(C)(C)CC. The lowest BCUT2D eigenvalue weighted by molar-refractivity contribution is 0.103. The molecule has 1 N–H and O–H groups in total. The molecule has 0 aliphatic heterocycles. The van der Waals surface area contributed by atoms with Gasteiger partial charge >= 0.3 is 7.82 Å². The van der Waals surface area contributed by atoms with Crippen molar-refractivity contribution in [3.8, 4) is 0 Å². The Hall–Kier alpha value is 0.110. The lowest BCUT2D eigenvalue weighted by Gasteiger charge is -2.36. The second-order valence-electron chi connectivity index (χ2n) is 6.33. The Kier molecular flexibility index (Phi) is 7.82. The van der Waals surface area contributed by atoms with E-state index in [1.807, 2.05) is 0 Å². The average molecular weight is 294 g/mol. The van der Waals surface area contributed by atoms with Crippen molar-refractivity contribution in [2.24, 2.45) is 10.8 Å². The van der Waals surface area contributed by atoms with Crippen molar-refractivity contribution >= 4 is 7.82 Å². The molecule has 0 saturated heterocycles. The van der Waals surface area contributed by atoms with E-state index in [2.05, 4.69) is 39.1 Å². The Morgan fingerprint density at radius 3 is 2.05 bits per heavy atom. The smallest absolute Gasteiger partial charge is 0.302 e. The van der Waals surface area contributed by atoms with Gasteiger partial charge in [-0.1, -0.05) is 47.5 Å². The molecule has 0 heterocycles. The van der Waals surface area contributed by atoms with Crippen molar-refractivity contribution in [3.63, 3.8) is 0 Å². The third kappa shape index (κ3) is 8.09. The third-order valence-electron chi connectivity index (χ3n) is 3.97. The van der Waals surface area contributed by atoms with Gasteiger partial charge in [0, 0.05) is 0 Å². The van der Waals surface area contributed by atoms with Crippen LogP contribution in [0.3, 0.4) is 0 Å². The highest BCUT2D eigenvalue weighted by Gasteiger charge is 2.31. The molecule has 116 valence electrons. The highest BCUT2D eigenvalue weighted by molar-refractivity contribution is 7.47. The maximum absolute atomic E-state index is 11.4. The Morgan fingerprint density at radius 1 is 1.05 bits per heavy atom. The van der Waals surface area contributed by atoms with E-state index < -0.39 is 7.82 Å². The van der Waals surface area contributed by atoms with Gasteiger partial charge in [0.25, 0.3) is 0 Å². The first-order chi connectivity index (χ1) is 8.60. The van der Waals surface area contributed by atoms with Gasteiger partial charge in [0.1, 0.15) is 0 Å². The summed E-state index contributed by atoms with van der Waals surface area (Å²) in [5.41, 5.74) is 0.416. The summed E-state index contributed by atoms with van der Waals surface area (Å²) in [6, 6.07) is 0. The first-order valence-corrected chi connectivity index (χ1v) is 8.71. The normalized spacial score (nSPS) is 18.9. The predicted molar refractivity (Wildman–Crippen MR) is 79.1 cm³/mol. The molecule has 2 atom stereocenters. The molecule has 0 aromatic carbocycles. The van der Waals surface area contributed by atoms with Crippen LogP contribution in [0.1, 0.15) is 67.2 Å². The molecule has 0 amide bonds. The summed E-state index contributed by atoms with van der Waals surface area (Å²) in [6.45, 7) is 13.2. The topological polar surface area (TPSA) is 55.8 Å². The van der Waals surface area contributed by atoms with Crippen LogP contribution in [0.15, 0.2) is 0 Å². The number of rotatable bonds is 10. The van der Waals surface area contributed by atoms with E-state index >= 15 is 0 Å². The minimum Gasteiger partial charge on any atom is -0.302 e. The van der Waals surface area contributed by atoms with Crippen LogP contribution in [0.4, 0.5) is 0 Å². The van der Waals surface area contributed by atoms with Crippen LogP contribution in [0.25, 0.3) is 0 Å². The van der Waals surface area contributed by atoms with Crippen LogP contribution in [-0.2, 0) is 13.6 Å². The molecule has 0 aliphatic rings. The average Bonchev–Trinajstić information content (AvgIpc) is 2.28. The van der Waals surface area contributed by atoms with Gasteiger partial charge in [0.2, 0.25) is 0 Å². The molecule has 0 rings (SSSR count). The molecule has 0 spiro atoms. The fourth-order valence-electron chi connectivity index (χ4n) is 2.28. The summed E-state index contributed by atoms with van der Waals surface area (Å²) in [5, 5.41) is 0. The van der Waals surface area contributed by atoms with E-state index in [4.69, 9.17) is 4.52 Å². The van der Waals surface area contributed by atoms with E-state index in [1.54, 1.807) is 6.92 Å². The quantitative estimate of drug-likeness (QED) is 0.589. The molecule has 4 nitrogen and oxygen atoms in total. The van der Waals surface area contributed by atoms with Crippen LogP contribution in [0.2, 0.25) is 0 Å². The molecule has 0 fully saturated rings. The minimum absolute atomic E-state index is 0.131. The highest BCUT2D eigenvalue weighted by Crippen LogP contribution is 2.45. The van der Waals surface area contributed by atoms with E-state index in [0.29, 0.717) is 0 Å². The maximum Gasteiger partial charge on any atom is 0.472 e. The summed E-state index contributed by atoms with van der Waals surface area (Å²) in [6.07, 6.45) is 4.01. The fraction of sp³-hybridized carbons (Fsp3) is 1.00. The fourth-order valence-corrected chi connectivity index (χ4v) is 3.00. The van der Waals surface area contributed by atoms with Crippen molar-refractivity contribution in [2.75, 3.05) is 13.2 Å². The Labute approximate surface area is 118 Å². The molecule has 0 saturated carbocycles. The zero-order chi connectivity index (χ0) is 15.2.